The normalized spacial score (nSPS) is 10.3. The highest BCUT2D eigenvalue weighted by molar-refractivity contribution is 6.31. The van der Waals surface area contributed by atoms with Crippen LogP contribution < -0.4 is 11.1 Å². The lowest BCUT2D eigenvalue weighted by Crippen LogP contribution is -2.11. The van der Waals surface area contributed by atoms with Crippen molar-refractivity contribution < 1.29 is 9.18 Å². The number of carbonyl (C=O) groups is 1. The molecular formula is C14H11Cl2FN2O. The average molecular weight is 313 g/mol. The molecule has 0 aromatic heterocycles. The molecule has 0 heterocycles. The highest BCUT2D eigenvalue weighted by Crippen LogP contribution is 2.22. The quantitative estimate of drug-likeness (QED) is 0.901. The van der Waals surface area contributed by atoms with Crippen molar-refractivity contribution in [3.05, 3.63) is 63.4 Å². The number of nitrogens with one attached hydrogen (secondary N) is 1. The number of benzene rings is 2. The molecule has 3 nitrogen and oxygen atoms in total. The summed E-state index contributed by atoms with van der Waals surface area (Å²) in [5.74, 6) is -0.960. The molecule has 20 heavy (non-hydrogen) atoms. The summed E-state index contributed by atoms with van der Waals surface area (Å²) in [6.07, 6.45) is 0. The molecular weight excluding hydrogens is 302 g/mol. The van der Waals surface area contributed by atoms with Crippen molar-refractivity contribution >= 4 is 34.8 Å². The molecule has 0 saturated carbocycles. The SMILES string of the molecule is NC(=O)c1ccc(CNc2cc(F)cc(Cl)c2)c(Cl)c1. The maximum Gasteiger partial charge on any atom is 0.248 e. The van der Waals surface area contributed by atoms with Crippen LogP contribution in [0, 0.1) is 5.82 Å². The van der Waals surface area contributed by atoms with Gasteiger partial charge < -0.3 is 11.1 Å². The Labute approximate surface area is 125 Å². The molecule has 0 aliphatic rings. The highest BCUT2D eigenvalue weighted by atomic mass is 35.5. The van der Waals surface area contributed by atoms with E-state index < -0.39 is 11.7 Å². The Morgan fingerprint density at radius 1 is 1.20 bits per heavy atom. The summed E-state index contributed by atoms with van der Waals surface area (Å²) in [4.78, 5) is 11.0. The smallest absolute Gasteiger partial charge is 0.248 e. The zero-order valence-electron chi connectivity index (χ0n) is 10.3. The Morgan fingerprint density at radius 2 is 1.95 bits per heavy atom. The van der Waals surface area contributed by atoms with Crippen LogP contribution >= 0.6 is 23.2 Å². The van der Waals surface area contributed by atoms with Crippen molar-refractivity contribution in [1.29, 1.82) is 0 Å². The van der Waals surface area contributed by atoms with E-state index in [0.717, 1.165) is 5.56 Å². The first kappa shape index (κ1) is 14.6. The fourth-order valence-electron chi connectivity index (χ4n) is 1.70. The zero-order chi connectivity index (χ0) is 14.7. The Balaban J connectivity index is 2.12. The van der Waals surface area contributed by atoms with Gasteiger partial charge in [-0.25, -0.2) is 4.39 Å². The number of halogens is 3. The molecule has 0 aliphatic heterocycles. The third kappa shape index (κ3) is 3.62. The zero-order valence-corrected chi connectivity index (χ0v) is 11.8. The maximum absolute atomic E-state index is 13.2. The van der Waals surface area contributed by atoms with Crippen LogP contribution in [0.3, 0.4) is 0 Å². The minimum absolute atomic E-state index is 0.308. The summed E-state index contributed by atoms with van der Waals surface area (Å²) in [7, 11) is 0. The number of nitrogens with two attached hydrogens (primary N) is 1. The summed E-state index contributed by atoms with van der Waals surface area (Å²) in [5, 5.41) is 3.73. The van der Waals surface area contributed by atoms with Gasteiger partial charge in [0.2, 0.25) is 5.91 Å². The van der Waals surface area contributed by atoms with E-state index in [9.17, 15) is 9.18 Å². The minimum atomic E-state index is -0.539. The summed E-state index contributed by atoms with van der Waals surface area (Å²) in [6, 6.07) is 8.94. The van der Waals surface area contributed by atoms with Gasteiger partial charge in [-0.05, 0) is 35.9 Å². The first-order chi connectivity index (χ1) is 9.45. The Kier molecular flexibility index (Phi) is 4.47. The molecule has 0 unspecified atom stereocenters. The fourth-order valence-corrected chi connectivity index (χ4v) is 2.17. The molecule has 2 aromatic carbocycles. The lowest BCUT2D eigenvalue weighted by atomic mass is 10.1. The number of carbonyl (C=O) groups excluding carboxylic acids is 1. The number of hydrogen-bond acceptors (Lipinski definition) is 2. The van der Waals surface area contributed by atoms with E-state index in [1.54, 1.807) is 18.2 Å². The van der Waals surface area contributed by atoms with Crippen LogP contribution in [0.15, 0.2) is 36.4 Å². The molecule has 0 bridgehead atoms. The van der Waals surface area contributed by atoms with Gasteiger partial charge in [0.25, 0.3) is 0 Å². The van der Waals surface area contributed by atoms with Gasteiger partial charge in [0.15, 0.2) is 0 Å². The molecule has 3 N–H and O–H groups in total. The highest BCUT2D eigenvalue weighted by Gasteiger charge is 2.06. The van der Waals surface area contributed by atoms with Gasteiger partial charge in [-0.3, -0.25) is 4.79 Å². The van der Waals surface area contributed by atoms with E-state index in [1.807, 2.05) is 0 Å². The maximum atomic E-state index is 13.2. The number of amides is 1. The van der Waals surface area contributed by atoms with Crippen molar-refractivity contribution in [2.45, 2.75) is 6.54 Å². The largest absolute Gasteiger partial charge is 0.381 e. The van der Waals surface area contributed by atoms with E-state index in [0.29, 0.717) is 27.8 Å². The molecule has 0 saturated heterocycles. The molecule has 1 amide bonds. The topological polar surface area (TPSA) is 55.1 Å². The second kappa shape index (κ2) is 6.11. The monoisotopic (exact) mass is 312 g/mol. The standard InChI is InChI=1S/C14H11Cl2FN2O/c15-10-4-11(17)6-12(5-10)19-7-9-2-1-8(14(18)20)3-13(9)16/h1-6,19H,7H2,(H2,18,20). The summed E-state index contributed by atoms with van der Waals surface area (Å²) < 4.78 is 13.2. The minimum Gasteiger partial charge on any atom is -0.381 e. The Hall–Kier alpha value is -1.78. The number of anilines is 1. The van der Waals surface area contributed by atoms with Crippen molar-refractivity contribution in [2.24, 2.45) is 5.73 Å². The average Bonchev–Trinajstić information content (AvgIpc) is 2.36. The van der Waals surface area contributed by atoms with Crippen LogP contribution in [0.4, 0.5) is 10.1 Å². The predicted molar refractivity (Wildman–Crippen MR) is 78.7 cm³/mol. The summed E-state index contributed by atoms with van der Waals surface area (Å²) in [5.41, 5.74) is 6.81. The predicted octanol–water partition coefficient (Wildman–Crippen LogP) is 3.84. The van der Waals surface area contributed by atoms with Crippen LogP contribution in [0.2, 0.25) is 10.0 Å². The lowest BCUT2D eigenvalue weighted by molar-refractivity contribution is 0.100. The van der Waals surface area contributed by atoms with Crippen LogP contribution in [-0.4, -0.2) is 5.91 Å². The van der Waals surface area contributed by atoms with E-state index in [1.165, 1.54) is 18.2 Å². The van der Waals surface area contributed by atoms with Gasteiger partial charge in [0.1, 0.15) is 5.82 Å². The van der Waals surface area contributed by atoms with Gasteiger partial charge in [-0.15, -0.1) is 0 Å². The number of hydrogen-bond donors (Lipinski definition) is 2. The van der Waals surface area contributed by atoms with Gasteiger partial charge in [0, 0.05) is 27.8 Å². The molecule has 6 heteroatoms. The first-order valence-corrected chi connectivity index (χ1v) is 6.49. The molecule has 0 aliphatic carbocycles. The van der Waals surface area contributed by atoms with Crippen molar-refractivity contribution in [1.82, 2.24) is 0 Å². The Morgan fingerprint density at radius 3 is 2.55 bits per heavy atom. The third-order valence-corrected chi connectivity index (χ3v) is 3.25. The second-order valence-electron chi connectivity index (χ2n) is 4.18. The van der Waals surface area contributed by atoms with E-state index in [4.69, 9.17) is 28.9 Å². The number of rotatable bonds is 4. The van der Waals surface area contributed by atoms with Crippen LogP contribution in [0.1, 0.15) is 15.9 Å². The molecule has 0 spiro atoms. The Bertz CT molecular complexity index is 641. The second-order valence-corrected chi connectivity index (χ2v) is 5.03. The van der Waals surface area contributed by atoms with E-state index in [-0.39, 0.29) is 0 Å². The van der Waals surface area contributed by atoms with E-state index in [2.05, 4.69) is 5.32 Å². The van der Waals surface area contributed by atoms with E-state index >= 15 is 0 Å². The van der Waals surface area contributed by atoms with Crippen LogP contribution in [-0.2, 0) is 6.54 Å². The first-order valence-electron chi connectivity index (χ1n) is 5.74. The molecule has 2 rings (SSSR count). The summed E-state index contributed by atoms with van der Waals surface area (Å²) in [6.45, 7) is 0.373. The van der Waals surface area contributed by atoms with Crippen LogP contribution in [0.25, 0.3) is 0 Å². The molecule has 104 valence electrons. The molecule has 0 fully saturated rings. The van der Waals surface area contributed by atoms with Crippen LogP contribution in [0.5, 0.6) is 0 Å². The van der Waals surface area contributed by atoms with Gasteiger partial charge in [0.05, 0.1) is 0 Å². The number of primary amides is 1. The van der Waals surface area contributed by atoms with Gasteiger partial charge >= 0.3 is 0 Å². The van der Waals surface area contributed by atoms with Crippen molar-refractivity contribution in [2.75, 3.05) is 5.32 Å². The van der Waals surface area contributed by atoms with Gasteiger partial charge in [-0.2, -0.15) is 0 Å². The third-order valence-electron chi connectivity index (χ3n) is 2.68. The van der Waals surface area contributed by atoms with Gasteiger partial charge in [-0.1, -0.05) is 29.3 Å². The molecule has 0 radical (unpaired) electrons. The fraction of sp³-hybridized carbons (Fsp3) is 0.0714. The van der Waals surface area contributed by atoms with Crippen molar-refractivity contribution in [3.8, 4) is 0 Å². The summed E-state index contributed by atoms with van der Waals surface area (Å²) >= 11 is 11.8. The molecule has 0 atom stereocenters. The molecule has 2 aromatic rings. The lowest BCUT2D eigenvalue weighted by Gasteiger charge is -2.09. The van der Waals surface area contributed by atoms with Crippen molar-refractivity contribution in [3.63, 3.8) is 0 Å².